The fraction of sp³-hybridized carbons (Fsp3) is 0.630. The van der Waals surface area contributed by atoms with Crippen molar-refractivity contribution < 1.29 is 33.6 Å². The molecule has 34 heavy (non-hydrogen) atoms. The Bertz CT molecular complexity index is 775. The predicted octanol–water partition coefficient (Wildman–Crippen LogP) is 6.06. The van der Waals surface area contributed by atoms with Crippen LogP contribution in [0, 0.1) is 5.92 Å². The van der Waals surface area contributed by atoms with Crippen LogP contribution in [0.25, 0.3) is 6.08 Å². The van der Waals surface area contributed by atoms with E-state index >= 15 is 0 Å². The van der Waals surface area contributed by atoms with Gasteiger partial charge in [0.25, 0.3) is 0 Å². The summed E-state index contributed by atoms with van der Waals surface area (Å²) in [6.45, 7) is 8.46. The first kappa shape index (κ1) is 29.3. The molecule has 192 valence electrons. The lowest BCUT2D eigenvalue weighted by Gasteiger charge is -2.18. The molecule has 2 unspecified atom stereocenters. The maximum absolute atomic E-state index is 13.1. The Balaban J connectivity index is 3.26. The second-order valence-corrected chi connectivity index (χ2v) is 8.42. The summed E-state index contributed by atoms with van der Waals surface area (Å²) in [5, 5.41) is 10.2. The number of esters is 2. The van der Waals surface area contributed by atoms with Crippen LogP contribution in [0.5, 0.6) is 17.2 Å². The Morgan fingerprint density at radius 3 is 2.00 bits per heavy atom. The highest BCUT2D eigenvalue weighted by Crippen LogP contribution is 2.37. The van der Waals surface area contributed by atoms with Crippen molar-refractivity contribution in [1.29, 1.82) is 0 Å². The zero-order valence-corrected chi connectivity index (χ0v) is 21.6. The minimum absolute atomic E-state index is 0.159. The van der Waals surface area contributed by atoms with E-state index in [9.17, 15) is 14.7 Å². The van der Waals surface area contributed by atoms with E-state index in [-0.39, 0.29) is 41.5 Å². The predicted molar refractivity (Wildman–Crippen MR) is 133 cm³/mol. The Morgan fingerprint density at radius 2 is 1.50 bits per heavy atom. The topological polar surface area (TPSA) is 91.3 Å². The van der Waals surface area contributed by atoms with Gasteiger partial charge in [0.1, 0.15) is 11.7 Å². The largest absolute Gasteiger partial charge is 0.502 e. The van der Waals surface area contributed by atoms with Gasteiger partial charge in [-0.05, 0) is 49.0 Å². The molecule has 1 rings (SSSR count). The number of carbonyl (C=O) groups is 2. The summed E-state index contributed by atoms with van der Waals surface area (Å²) in [4.78, 5) is 26.1. The first-order valence-electron chi connectivity index (χ1n) is 12.4. The lowest BCUT2D eigenvalue weighted by Crippen LogP contribution is -2.25. The van der Waals surface area contributed by atoms with Gasteiger partial charge in [-0.1, -0.05) is 59.8 Å². The van der Waals surface area contributed by atoms with Crippen LogP contribution < -0.4 is 9.47 Å². The number of hydrogen-bond acceptors (Lipinski definition) is 7. The molecule has 0 aliphatic heterocycles. The van der Waals surface area contributed by atoms with Crippen molar-refractivity contribution in [3.05, 3.63) is 23.3 Å². The third-order valence-corrected chi connectivity index (χ3v) is 5.86. The highest BCUT2D eigenvalue weighted by atomic mass is 16.6. The van der Waals surface area contributed by atoms with E-state index in [0.29, 0.717) is 12.0 Å². The van der Waals surface area contributed by atoms with Gasteiger partial charge in [0.2, 0.25) is 5.75 Å². The summed E-state index contributed by atoms with van der Waals surface area (Å²) in [7, 11) is 2.82. The molecule has 0 aromatic heterocycles. The number of phenolic OH excluding ortho intramolecular Hbond substituents is 1. The Labute approximate surface area is 204 Å². The number of benzene rings is 1. The molecule has 0 radical (unpaired) electrons. The summed E-state index contributed by atoms with van der Waals surface area (Å²) in [5.41, 5.74) is 0.241. The van der Waals surface area contributed by atoms with Crippen molar-refractivity contribution in [3.8, 4) is 17.2 Å². The molecule has 1 aromatic carbocycles. The van der Waals surface area contributed by atoms with Crippen LogP contribution >= 0.6 is 0 Å². The first-order valence-corrected chi connectivity index (χ1v) is 12.4. The van der Waals surface area contributed by atoms with E-state index in [4.69, 9.17) is 18.9 Å². The molecule has 2 atom stereocenters. The van der Waals surface area contributed by atoms with Gasteiger partial charge in [-0.2, -0.15) is 0 Å². The quantitative estimate of drug-likeness (QED) is 0.134. The van der Waals surface area contributed by atoms with Gasteiger partial charge in [-0.15, -0.1) is 0 Å². The number of unbranched alkanes of at least 4 members (excludes halogenated alkanes) is 2. The molecular formula is C27H42O7. The molecule has 7 heteroatoms. The lowest BCUT2D eigenvalue weighted by molar-refractivity contribution is -0.151. The molecule has 0 amide bonds. The summed E-state index contributed by atoms with van der Waals surface area (Å²) in [6.07, 6.45) is 8.41. The average molecular weight is 479 g/mol. The second kappa shape index (κ2) is 16.0. The van der Waals surface area contributed by atoms with E-state index in [1.807, 2.05) is 6.92 Å². The number of rotatable bonds is 16. The number of aromatic hydroxyl groups is 1. The average Bonchev–Trinajstić information content (AvgIpc) is 2.85. The smallest absolute Gasteiger partial charge is 0.345 e. The molecule has 1 aromatic rings. The van der Waals surface area contributed by atoms with Crippen LogP contribution in [0.4, 0.5) is 0 Å². The lowest BCUT2D eigenvalue weighted by atomic mass is 10.0. The Kier molecular flexibility index (Phi) is 13.8. The van der Waals surface area contributed by atoms with Gasteiger partial charge in [-0.3, -0.25) is 0 Å². The van der Waals surface area contributed by atoms with E-state index in [0.717, 1.165) is 44.9 Å². The highest BCUT2D eigenvalue weighted by Gasteiger charge is 2.25. The molecule has 0 heterocycles. The number of hydrogen-bond donors (Lipinski definition) is 1. The fourth-order valence-electron chi connectivity index (χ4n) is 3.53. The third kappa shape index (κ3) is 9.27. The SMILES string of the molecule is CCCCC(CC)COC(=O)C(=Cc1cc(OC)c(O)c(OC)c1)C(=O)OC(CC)CCCC. The van der Waals surface area contributed by atoms with Crippen LogP contribution in [0.2, 0.25) is 0 Å². The van der Waals surface area contributed by atoms with Crippen molar-refractivity contribution >= 4 is 18.0 Å². The Morgan fingerprint density at radius 1 is 0.912 bits per heavy atom. The monoisotopic (exact) mass is 478 g/mol. The van der Waals surface area contributed by atoms with Gasteiger partial charge in [0.05, 0.1) is 20.8 Å². The van der Waals surface area contributed by atoms with E-state index in [2.05, 4.69) is 20.8 Å². The summed E-state index contributed by atoms with van der Waals surface area (Å²) < 4.78 is 21.6. The van der Waals surface area contributed by atoms with E-state index < -0.39 is 11.9 Å². The summed E-state index contributed by atoms with van der Waals surface area (Å²) >= 11 is 0. The van der Waals surface area contributed by atoms with E-state index in [1.165, 1.54) is 32.4 Å². The van der Waals surface area contributed by atoms with Crippen LogP contribution in [-0.4, -0.2) is 44.0 Å². The van der Waals surface area contributed by atoms with Crippen LogP contribution in [0.3, 0.4) is 0 Å². The highest BCUT2D eigenvalue weighted by molar-refractivity contribution is 6.17. The maximum atomic E-state index is 13.1. The van der Waals surface area contributed by atoms with Gasteiger partial charge in [-0.25, -0.2) is 9.59 Å². The Hall–Kier alpha value is -2.70. The number of phenols is 1. The molecule has 0 bridgehead atoms. The fourth-order valence-corrected chi connectivity index (χ4v) is 3.53. The molecule has 0 saturated heterocycles. The van der Waals surface area contributed by atoms with Gasteiger partial charge in [0.15, 0.2) is 11.5 Å². The molecule has 0 saturated carbocycles. The number of carbonyl (C=O) groups excluding carboxylic acids is 2. The van der Waals surface area contributed by atoms with Crippen LogP contribution in [0.1, 0.15) is 84.6 Å². The third-order valence-electron chi connectivity index (χ3n) is 5.86. The minimum atomic E-state index is -0.726. The molecule has 0 fully saturated rings. The molecule has 0 aliphatic carbocycles. The van der Waals surface area contributed by atoms with Crippen LogP contribution in [0.15, 0.2) is 17.7 Å². The van der Waals surface area contributed by atoms with Crippen LogP contribution in [-0.2, 0) is 19.1 Å². The van der Waals surface area contributed by atoms with Crippen molar-refractivity contribution in [2.24, 2.45) is 5.92 Å². The molecule has 7 nitrogen and oxygen atoms in total. The van der Waals surface area contributed by atoms with Crippen molar-refractivity contribution in [2.45, 2.75) is 85.2 Å². The van der Waals surface area contributed by atoms with Gasteiger partial charge in [0, 0.05) is 0 Å². The summed E-state index contributed by atoms with van der Waals surface area (Å²) in [6, 6.07) is 3.03. The molecule has 0 aliphatic rings. The van der Waals surface area contributed by atoms with Gasteiger partial charge >= 0.3 is 11.9 Å². The minimum Gasteiger partial charge on any atom is -0.502 e. The first-order chi connectivity index (χ1) is 16.3. The maximum Gasteiger partial charge on any atom is 0.345 e. The molecule has 1 N–H and O–H groups in total. The zero-order chi connectivity index (χ0) is 25.5. The molecular weight excluding hydrogens is 436 g/mol. The zero-order valence-electron chi connectivity index (χ0n) is 21.6. The van der Waals surface area contributed by atoms with Crippen molar-refractivity contribution in [1.82, 2.24) is 0 Å². The molecule has 0 spiro atoms. The second-order valence-electron chi connectivity index (χ2n) is 8.42. The van der Waals surface area contributed by atoms with Crippen molar-refractivity contribution in [3.63, 3.8) is 0 Å². The normalized spacial score (nSPS) is 13.2. The van der Waals surface area contributed by atoms with E-state index in [1.54, 1.807) is 0 Å². The number of methoxy groups -OCH3 is 2. The summed E-state index contributed by atoms with van der Waals surface area (Å²) in [5.74, 6) is -1.06. The van der Waals surface area contributed by atoms with Crippen molar-refractivity contribution in [2.75, 3.05) is 20.8 Å². The standard InChI is InChI=1S/C27H42O7/c1-7-11-13-19(9-3)18-33-26(29)22(27(30)34-21(10-4)14-12-8-2)15-20-16-23(31-5)25(28)24(17-20)32-6/h15-17,19,21,28H,7-14,18H2,1-6H3. The number of ether oxygens (including phenoxy) is 4. The van der Waals surface area contributed by atoms with Gasteiger partial charge < -0.3 is 24.1 Å².